The van der Waals surface area contributed by atoms with Gasteiger partial charge in [0.25, 0.3) is 5.91 Å². The lowest BCUT2D eigenvalue weighted by Gasteiger charge is -2.28. The van der Waals surface area contributed by atoms with Crippen LogP contribution >= 0.6 is 11.6 Å². The molecule has 0 bridgehead atoms. The summed E-state index contributed by atoms with van der Waals surface area (Å²) in [5, 5.41) is 3.72. The highest BCUT2D eigenvalue weighted by Gasteiger charge is 2.21. The second-order valence-electron chi connectivity index (χ2n) is 5.11. The first-order chi connectivity index (χ1) is 8.69. The zero-order valence-electron chi connectivity index (χ0n) is 10.8. The van der Waals surface area contributed by atoms with Crippen molar-refractivity contribution < 1.29 is 4.79 Å². The van der Waals surface area contributed by atoms with Crippen LogP contribution in [0.5, 0.6) is 0 Å². The maximum absolute atomic E-state index is 12.0. The van der Waals surface area contributed by atoms with E-state index >= 15 is 0 Å². The zero-order valence-corrected chi connectivity index (χ0v) is 11.5. The average molecular weight is 266 g/mol. The lowest BCUT2D eigenvalue weighted by atomic mass is 9.84. The van der Waals surface area contributed by atoms with Crippen LogP contribution in [-0.4, -0.2) is 11.9 Å². The number of amides is 1. The predicted molar refractivity (Wildman–Crippen MR) is 75.0 cm³/mol. The summed E-state index contributed by atoms with van der Waals surface area (Å²) in [6.07, 6.45) is 5.93. The predicted octanol–water partition coefficient (Wildman–Crippen LogP) is 4.04. The van der Waals surface area contributed by atoms with E-state index in [0.717, 1.165) is 18.8 Å². The minimum atomic E-state index is -0.00236. The van der Waals surface area contributed by atoms with Crippen molar-refractivity contribution in [1.82, 2.24) is 5.32 Å². The number of hydrogen-bond donors (Lipinski definition) is 1. The molecule has 0 atom stereocenters. The second kappa shape index (κ2) is 6.24. The van der Waals surface area contributed by atoms with E-state index in [4.69, 9.17) is 11.6 Å². The summed E-state index contributed by atoms with van der Waals surface area (Å²) in [4.78, 5) is 12.0. The van der Waals surface area contributed by atoms with Gasteiger partial charge in [-0.15, -0.1) is 0 Å². The van der Waals surface area contributed by atoms with Crippen molar-refractivity contribution in [3.05, 3.63) is 34.9 Å². The Kier molecular flexibility index (Phi) is 4.65. The number of rotatable bonds is 3. The molecule has 1 N–H and O–H groups in total. The first kappa shape index (κ1) is 13.4. The van der Waals surface area contributed by atoms with Gasteiger partial charge < -0.3 is 5.32 Å². The highest BCUT2D eigenvalue weighted by Crippen LogP contribution is 2.26. The molecule has 1 aromatic rings. The quantitative estimate of drug-likeness (QED) is 0.878. The zero-order chi connectivity index (χ0) is 13.0. The van der Waals surface area contributed by atoms with Crippen molar-refractivity contribution in [3.63, 3.8) is 0 Å². The van der Waals surface area contributed by atoms with Crippen LogP contribution in [0.2, 0.25) is 5.02 Å². The van der Waals surface area contributed by atoms with E-state index in [1.807, 2.05) is 6.07 Å². The molecule has 0 aliphatic heterocycles. The van der Waals surface area contributed by atoms with Crippen molar-refractivity contribution in [2.75, 3.05) is 0 Å². The van der Waals surface area contributed by atoms with Crippen LogP contribution in [0.1, 0.15) is 49.4 Å². The summed E-state index contributed by atoms with van der Waals surface area (Å²) in [7, 11) is 0. The maximum Gasteiger partial charge on any atom is 0.251 e. The summed E-state index contributed by atoms with van der Waals surface area (Å²) in [5.74, 6) is 0.849. The number of halogens is 1. The Morgan fingerprint density at radius 2 is 2.06 bits per heavy atom. The Bertz CT molecular complexity index is 411. The van der Waals surface area contributed by atoms with Crippen molar-refractivity contribution in [2.45, 2.75) is 45.1 Å². The molecular formula is C15H20ClNO. The highest BCUT2D eigenvalue weighted by molar-refractivity contribution is 6.30. The van der Waals surface area contributed by atoms with Crippen LogP contribution in [0.15, 0.2) is 24.3 Å². The highest BCUT2D eigenvalue weighted by atomic mass is 35.5. The summed E-state index contributed by atoms with van der Waals surface area (Å²) in [5.41, 5.74) is 0.653. The van der Waals surface area contributed by atoms with E-state index < -0.39 is 0 Å². The number of hydrogen-bond acceptors (Lipinski definition) is 1. The van der Waals surface area contributed by atoms with E-state index in [9.17, 15) is 4.79 Å². The lowest BCUT2D eigenvalue weighted by molar-refractivity contribution is 0.0921. The van der Waals surface area contributed by atoms with Crippen LogP contribution in [0.4, 0.5) is 0 Å². The van der Waals surface area contributed by atoms with Gasteiger partial charge in [-0.25, -0.2) is 0 Å². The lowest BCUT2D eigenvalue weighted by Crippen LogP contribution is -2.37. The Morgan fingerprint density at radius 1 is 1.33 bits per heavy atom. The SMILES string of the molecule is CCC1CCC(NC(=O)c2cccc(Cl)c2)CC1. The first-order valence-corrected chi connectivity index (χ1v) is 7.13. The van der Waals surface area contributed by atoms with Gasteiger partial charge in [0.1, 0.15) is 0 Å². The summed E-state index contributed by atoms with van der Waals surface area (Å²) in [6.45, 7) is 2.25. The van der Waals surface area contributed by atoms with E-state index in [0.29, 0.717) is 16.6 Å². The Hall–Kier alpha value is -1.02. The van der Waals surface area contributed by atoms with Crippen LogP contribution in [0.25, 0.3) is 0 Å². The van der Waals surface area contributed by atoms with Gasteiger partial charge in [0.2, 0.25) is 0 Å². The van der Waals surface area contributed by atoms with Gasteiger partial charge in [0.15, 0.2) is 0 Å². The van der Waals surface area contributed by atoms with E-state index in [-0.39, 0.29) is 5.91 Å². The average Bonchev–Trinajstić information content (AvgIpc) is 2.39. The minimum absolute atomic E-state index is 0.00236. The van der Waals surface area contributed by atoms with Crippen LogP contribution in [0.3, 0.4) is 0 Å². The molecule has 0 unspecified atom stereocenters. The molecule has 18 heavy (non-hydrogen) atoms. The molecule has 0 aromatic heterocycles. The van der Waals surface area contributed by atoms with Gasteiger partial charge >= 0.3 is 0 Å². The van der Waals surface area contributed by atoms with E-state index in [1.54, 1.807) is 18.2 Å². The molecule has 1 aliphatic carbocycles. The van der Waals surface area contributed by atoms with Crippen LogP contribution < -0.4 is 5.32 Å². The standard InChI is InChI=1S/C15H20ClNO/c1-2-11-6-8-14(9-7-11)17-15(18)12-4-3-5-13(16)10-12/h3-5,10-11,14H,2,6-9H2,1H3,(H,17,18). The van der Waals surface area contributed by atoms with Crippen molar-refractivity contribution in [1.29, 1.82) is 0 Å². The van der Waals surface area contributed by atoms with Gasteiger partial charge in [-0.1, -0.05) is 31.0 Å². The molecule has 2 nitrogen and oxygen atoms in total. The molecule has 1 fully saturated rings. The molecule has 0 spiro atoms. The fourth-order valence-electron chi connectivity index (χ4n) is 2.61. The third kappa shape index (κ3) is 3.49. The van der Waals surface area contributed by atoms with E-state index in [1.165, 1.54) is 19.3 Å². The van der Waals surface area contributed by atoms with Crippen molar-refractivity contribution >= 4 is 17.5 Å². The molecule has 2 rings (SSSR count). The Morgan fingerprint density at radius 3 is 2.67 bits per heavy atom. The maximum atomic E-state index is 12.0. The number of carbonyl (C=O) groups is 1. The van der Waals surface area contributed by atoms with Crippen LogP contribution in [0, 0.1) is 5.92 Å². The molecule has 0 radical (unpaired) electrons. The molecule has 0 saturated heterocycles. The fourth-order valence-corrected chi connectivity index (χ4v) is 2.80. The third-order valence-corrected chi connectivity index (χ3v) is 4.08. The van der Waals surface area contributed by atoms with Crippen molar-refractivity contribution in [3.8, 4) is 0 Å². The molecular weight excluding hydrogens is 246 g/mol. The smallest absolute Gasteiger partial charge is 0.251 e. The topological polar surface area (TPSA) is 29.1 Å². The largest absolute Gasteiger partial charge is 0.349 e. The molecule has 1 saturated carbocycles. The van der Waals surface area contributed by atoms with Gasteiger partial charge in [-0.05, 0) is 49.8 Å². The molecule has 3 heteroatoms. The first-order valence-electron chi connectivity index (χ1n) is 6.75. The molecule has 0 heterocycles. The minimum Gasteiger partial charge on any atom is -0.349 e. The van der Waals surface area contributed by atoms with Gasteiger partial charge in [0, 0.05) is 16.6 Å². The van der Waals surface area contributed by atoms with Gasteiger partial charge in [-0.2, -0.15) is 0 Å². The Labute approximate surface area is 114 Å². The van der Waals surface area contributed by atoms with E-state index in [2.05, 4.69) is 12.2 Å². The summed E-state index contributed by atoms with van der Waals surface area (Å²) >= 11 is 5.89. The third-order valence-electron chi connectivity index (χ3n) is 3.85. The van der Waals surface area contributed by atoms with Crippen molar-refractivity contribution in [2.24, 2.45) is 5.92 Å². The second-order valence-corrected chi connectivity index (χ2v) is 5.55. The summed E-state index contributed by atoms with van der Waals surface area (Å²) in [6, 6.07) is 7.45. The molecule has 1 amide bonds. The molecule has 1 aromatic carbocycles. The Balaban J connectivity index is 1.89. The van der Waals surface area contributed by atoms with Gasteiger partial charge in [0.05, 0.1) is 0 Å². The van der Waals surface area contributed by atoms with Crippen LogP contribution in [-0.2, 0) is 0 Å². The monoisotopic (exact) mass is 265 g/mol. The number of nitrogens with one attached hydrogen (secondary N) is 1. The normalized spacial score (nSPS) is 23.7. The molecule has 1 aliphatic rings. The molecule has 98 valence electrons. The number of carbonyl (C=O) groups excluding carboxylic acids is 1. The number of benzene rings is 1. The summed E-state index contributed by atoms with van der Waals surface area (Å²) < 4.78 is 0. The fraction of sp³-hybridized carbons (Fsp3) is 0.533. The van der Waals surface area contributed by atoms with Gasteiger partial charge in [-0.3, -0.25) is 4.79 Å².